The van der Waals surface area contributed by atoms with Crippen molar-refractivity contribution >= 4 is 5.69 Å². The van der Waals surface area contributed by atoms with Gasteiger partial charge in [-0.2, -0.15) is 8.78 Å². The molecule has 110 valence electrons. The van der Waals surface area contributed by atoms with E-state index in [1.54, 1.807) is 18.2 Å². The maximum absolute atomic E-state index is 12.5. The van der Waals surface area contributed by atoms with Crippen LogP contribution in [0.4, 0.5) is 14.5 Å². The van der Waals surface area contributed by atoms with Crippen LogP contribution in [-0.4, -0.2) is 13.2 Å². The first kappa shape index (κ1) is 13.7. The molecule has 5 heteroatoms. The van der Waals surface area contributed by atoms with Gasteiger partial charge in [0.2, 0.25) is 0 Å². The predicted octanol–water partition coefficient (Wildman–Crippen LogP) is 4.14. The van der Waals surface area contributed by atoms with Crippen molar-refractivity contribution in [3.8, 4) is 11.5 Å². The van der Waals surface area contributed by atoms with Crippen LogP contribution in [0.1, 0.15) is 17.2 Å². The minimum atomic E-state index is -2.85. The molecule has 1 N–H and O–H groups in total. The summed E-state index contributed by atoms with van der Waals surface area (Å²) in [4.78, 5) is 0. The molecular formula is C16H15F2NO2. The van der Waals surface area contributed by atoms with Gasteiger partial charge in [0.05, 0.1) is 12.2 Å². The topological polar surface area (TPSA) is 30.5 Å². The first-order valence-electron chi connectivity index (χ1n) is 6.68. The molecule has 0 saturated carbocycles. The van der Waals surface area contributed by atoms with Crippen molar-refractivity contribution in [1.29, 1.82) is 0 Å². The fourth-order valence-corrected chi connectivity index (χ4v) is 2.39. The molecule has 0 fully saturated rings. The Morgan fingerprint density at radius 3 is 2.86 bits per heavy atom. The zero-order valence-electron chi connectivity index (χ0n) is 11.5. The minimum Gasteiger partial charge on any atom is -0.482 e. The summed E-state index contributed by atoms with van der Waals surface area (Å²) in [5.74, 6) is 0.869. The second-order valence-corrected chi connectivity index (χ2v) is 4.90. The van der Waals surface area contributed by atoms with Gasteiger partial charge in [-0.15, -0.1) is 0 Å². The summed E-state index contributed by atoms with van der Waals surface area (Å²) in [5, 5.41) is 3.25. The second-order valence-electron chi connectivity index (χ2n) is 4.90. The van der Waals surface area contributed by atoms with E-state index in [1.165, 1.54) is 6.07 Å². The van der Waals surface area contributed by atoms with E-state index < -0.39 is 6.61 Å². The summed E-state index contributed by atoms with van der Waals surface area (Å²) in [5.41, 5.74) is 2.59. The third-order valence-electron chi connectivity index (χ3n) is 3.37. The number of ether oxygens (including phenoxy) is 2. The molecule has 2 aromatic rings. The molecule has 0 radical (unpaired) electrons. The summed E-state index contributed by atoms with van der Waals surface area (Å²) >= 11 is 0. The third kappa shape index (κ3) is 2.91. The van der Waals surface area contributed by atoms with Crippen LogP contribution in [-0.2, 0) is 0 Å². The van der Waals surface area contributed by atoms with Crippen molar-refractivity contribution in [1.82, 2.24) is 0 Å². The number of rotatable bonds is 3. The number of halogens is 2. The quantitative estimate of drug-likeness (QED) is 0.921. The van der Waals surface area contributed by atoms with Crippen LogP contribution in [0.15, 0.2) is 42.5 Å². The molecule has 2 aromatic carbocycles. The Morgan fingerprint density at radius 1 is 1.24 bits per heavy atom. The maximum atomic E-state index is 12.5. The van der Waals surface area contributed by atoms with E-state index in [9.17, 15) is 8.78 Å². The molecule has 1 heterocycles. The van der Waals surface area contributed by atoms with E-state index in [0.29, 0.717) is 12.1 Å². The van der Waals surface area contributed by atoms with E-state index in [1.807, 2.05) is 25.1 Å². The molecule has 0 saturated heterocycles. The van der Waals surface area contributed by atoms with Gasteiger partial charge in [0.25, 0.3) is 0 Å². The largest absolute Gasteiger partial charge is 0.482 e. The standard InChI is InChI=1S/C16H15F2NO2/c1-10-6-7-12-14(8-10)20-15(9-19-12)11-4-2-3-5-13(11)21-16(17)18/h2-8,15-16,19H,9H2,1H3. The van der Waals surface area contributed by atoms with Crippen LogP contribution in [0.5, 0.6) is 11.5 Å². The number of fused-ring (bicyclic) bond motifs is 1. The summed E-state index contributed by atoms with van der Waals surface area (Å²) in [6.45, 7) is -0.377. The van der Waals surface area contributed by atoms with Crippen molar-refractivity contribution in [2.45, 2.75) is 19.6 Å². The number of benzene rings is 2. The Labute approximate surface area is 121 Å². The number of aryl methyl sites for hydroxylation is 1. The van der Waals surface area contributed by atoms with Crippen molar-refractivity contribution < 1.29 is 18.3 Å². The molecule has 1 atom stereocenters. The zero-order valence-corrected chi connectivity index (χ0v) is 11.5. The van der Waals surface area contributed by atoms with E-state index in [0.717, 1.165) is 17.0 Å². The lowest BCUT2D eigenvalue weighted by molar-refractivity contribution is -0.0513. The molecule has 1 aliphatic rings. The zero-order chi connectivity index (χ0) is 14.8. The number of hydrogen-bond donors (Lipinski definition) is 1. The number of hydrogen-bond acceptors (Lipinski definition) is 3. The Bertz CT molecular complexity index is 646. The molecule has 0 spiro atoms. The van der Waals surface area contributed by atoms with Crippen molar-refractivity contribution in [3.63, 3.8) is 0 Å². The molecule has 0 aromatic heterocycles. The van der Waals surface area contributed by atoms with Gasteiger partial charge in [-0.25, -0.2) is 0 Å². The van der Waals surface area contributed by atoms with E-state index in [2.05, 4.69) is 10.1 Å². The van der Waals surface area contributed by atoms with Gasteiger partial charge in [-0.3, -0.25) is 0 Å². The third-order valence-corrected chi connectivity index (χ3v) is 3.37. The van der Waals surface area contributed by atoms with Gasteiger partial charge in [-0.1, -0.05) is 24.3 Å². The SMILES string of the molecule is Cc1ccc2c(c1)OC(c1ccccc1OC(F)F)CN2. The number of para-hydroxylation sites is 1. The van der Waals surface area contributed by atoms with E-state index in [-0.39, 0.29) is 11.9 Å². The molecule has 3 rings (SSSR count). The van der Waals surface area contributed by atoms with Crippen LogP contribution in [0.25, 0.3) is 0 Å². The van der Waals surface area contributed by atoms with Gasteiger partial charge >= 0.3 is 6.61 Å². The lowest BCUT2D eigenvalue weighted by Crippen LogP contribution is -2.24. The highest BCUT2D eigenvalue weighted by Gasteiger charge is 2.24. The Morgan fingerprint density at radius 2 is 2.05 bits per heavy atom. The molecule has 3 nitrogen and oxygen atoms in total. The molecule has 0 aliphatic carbocycles. The molecular weight excluding hydrogens is 276 g/mol. The van der Waals surface area contributed by atoms with Crippen molar-refractivity contribution in [3.05, 3.63) is 53.6 Å². The normalized spacial score (nSPS) is 16.9. The Kier molecular flexibility index (Phi) is 3.64. The number of anilines is 1. The molecule has 1 unspecified atom stereocenters. The lowest BCUT2D eigenvalue weighted by Gasteiger charge is -2.29. The van der Waals surface area contributed by atoms with E-state index in [4.69, 9.17) is 4.74 Å². The molecule has 0 bridgehead atoms. The summed E-state index contributed by atoms with van der Waals surface area (Å²) in [7, 11) is 0. The predicted molar refractivity (Wildman–Crippen MR) is 76.1 cm³/mol. The van der Waals surface area contributed by atoms with Gasteiger partial charge in [0, 0.05) is 5.56 Å². The van der Waals surface area contributed by atoms with Crippen LogP contribution >= 0.6 is 0 Å². The monoisotopic (exact) mass is 291 g/mol. The fourth-order valence-electron chi connectivity index (χ4n) is 2.39. The van der Waals surface area contributed by atoms with Crippen LogP contribution in [0, 0.1) is 6.92 Å². The highest BCUT2D eigenvalue weighted by molar-refractivity contribution is 5.59. The highest BCUT2D eigenvalue weighted by atomic mass is 19.3. The molecule has 1 aliphatic heterocycles. The van der Waals surface area contributed by atoms with Crippen LogP contribution in [0.3, 0.4) is 0 Å². The smallest absolute Gasteiger partial charge is 0.387 e. The van der Waals surface area contributed by atoms with Crippen LogP contribution in [0.2, 0.25) is 0 Å². The summed E-state index contributed by atoms with van der Waals surface area (Å²) in [6.07, 6.45) is -0.366. The minimum absolute atomic E-state index is 0.149. The number of alkyl halides is 2. The molecule has 0 amide bonds. The summed E-state index contributed by atoms with van der Waals surface area (Å²) < 4.78 is 35.5. The van der Waals surface area contributed by atoms with Gasteiger partial charge < -0.3 is 14.8 Å². The fraction of sp³-hybridized carbons (Fsp3) is 0.250. The average molecular weight is 291 g/mol. The first-order valence-corrected chi connectivity index (χ1v) is 6.68. The Hall–Kier alpha value is -2.30. The van der Waals surface area contributed by atoms with Crippen molar-refractivity contribution in [2.24, 2.45) is 0 Å². The molecule has 21 heavy (non-hydrogen) atoms. The lowest BCUT2D eigenvalue weighted by atomic mass is 10.1. The Balaban J connectivity index is 1.89. The maximum Gasteiger partial charge on any atom is 0.387 e. The van der Waals surface area contributed by atoms with Gasteiger partial charge in [-0.05, 0) is 30.7 Å². The van der Waals surface area contributed by atoms with Gasteiger partial charge in [0.15, 0.2) is 0 Å². The van der Waals surface area contributed by atoms with Crippen LogP contribution < -0.4 is 14.8 Å². The average Bonchev–Trinajstić information content (AvgIpc) is 2.46. The highest BCUT2D eigenvalue weighted by Crippen LogP contribution is 2.37. The first-order chi connectivity index (χ1) is 10.1. The van der Waals surface area contributed by atoms with Gasteiger partial charge in [0.1, 0.15) is 17.6 Å². The van der Waals surface area contributed by atoms with Crippen molar-refractivity contribution in [2.75, 3.05) is 11.9 Å². The van der Waals surface area contributed by atoms with E-state index >= 15 is 0 Å². The number of nitrogens with one attached hydrogen (secondary N) is 1. The summed E-state index contributed by atoms with van der Waals surface area (Å²) in [6, 6.07) is 12.6. The second kappa shape index (κ2) is 5.60.